The van der Waals surface area contributed by atoms with Gasteiger partial charge in [-0.2, -0.15) is 29.3 Å². The molecule has 28 heteroatoms. The van der Waals surface area contributed by atoms with Crippen molar-refractivity contribution in [2.24, 2.45) is 0 Å². The lowest BCUT2D eigenvalue weighted by Crippen LogP contribution is -2.33. The fraction of sp³-hybridized carbons (Fsp3) is 0.250. The number of nitrogens with one attached hydrogen (secondary N) is 2. The van der Waals surface area contributed by atoms with E-state index < -0.39 is 83.2 Å². The largest absolute Gasteiger partial charge is 0.442 e. The number of carbonyl (C=O) groups is 2. The third-order valence-corrected chi connectivity index (χ3v) is 10.3. The molecule has 0 aliphatic heterocycles. The molecule has 0 saturated heterocycles. The molecule has 0 amide bonds. The van der Waals surface area contributed by atoms with E-state index in [0.717, 1.165) is 9.36 Å². The standard InChI is InChI=1S/C40H30Cl4N12O12/c1-17(2)21-11-29(67-33-23(41)7-19(8-24(33)42)55-39(63)47-35(59)27(13-45)49-55)51-53(37(21)61)15-65-31(57)5-6-32(58)66-16-54-38(62)22(18(3)4)12-30(52-54)68-34-25(43)9-20(10-26(34)44)56-40(64)48-36(60)28(14-46)50-56/h7-12,17-18H,5-6,15-16H2,1-4H3,(H,47,59,63)(H,48,60,64). The number of hydrogen-bond donors (Lipinski definition) is 2. The molecule has 0 spiro atoms. The van der Waals surface area contributed by atoms with Crippen molar-refractivity contribution in [1.82, 2.24) is 49.1 Å². The highest BCUT2D eigenvalue weighted by atomic mass is 35.5. The fourth-order valence-corrected chi connectivity index (χ4v) is 6.93. The molecule has 0 bridgehead atoms. The van der Waals surface area contributed by atoms with Crippen LogP contribution in [-0.2, 0) is 32.5 Å². The first-order chi connectivity index (χ1) is 32.2. The minimum Gasteiger partial charge on any atom is -0.442 e. The molecule has 0 unspecified atom stereocenters. The lowest BCUT2D eigenvalue weighted by molar-refractivity contribution is -0.155. The number of aromatic amines is 2. The zero-order valence-corrected chi connectivity index (χ0v) is 38.4. The molecular formula is C40H30Cl4N12O12. The fourth-order valence-electron chi connectivity index (χ4n) is 5.83. The van der Waals surface area contributed by atoms with Gasteiger partial charge in [0.2, 0.25) is 23.1 Å². The Bertz CT molecular complexity index is 3220. The normalized spacial score (nSPS) is 11.0. The third-order valence-electron chi connectivity index (χ3n) is 9.17. The Balaban J connectivity index is 1.11. The van der Waals surface area contributed by atoms with Crippen LogP contribution in [0.25, 0.3) is 11.4 Å². The second-order valence-electron chi connectivity index (χ2n) is 14.5. The summed E-state index contributed by atoms with van der Waals surface area (Å²) in [5.41, 5.74) is -6.15. The molecule has 0 aliphatic rings. The van der Waals surface area contributed by atoms with Crippen molar-refractivity contribution in [3.8, 4) is 46.8 Å². The van der Waals surface area contributed by atoms with Crippen LogP contribution in [0, 0.1) is 22.7 Å². The second kappa shape index (κ2) is 20.7. The Hall–Kier alpha value is -7.90. The predicted octanol–water partition coefficient (Wildman–Crippen LogP) is 3.94. The first-order valence-electron chi connectivity index (χ1n) is 19.4. The van der Waals surface area contributed by atoms with Gasteiger partial charge in [-0.05, 0) is 36.1 Å². The van der Waals surface area contributed by atoms with E-state index in [9.17, 15) is 38.4 Å². The highest BCUT2D eigenvalue weighted by Gasteiger charge is 2.22. The van der Waals surface area contributed by atoms with E-state index in [2.05, 4.69) is 20.4 Å². The van der Waals surface area contributed by atoms with Gasteiger partial charge in [0.1, 0.15) is 12.1 Å². The van der Waals surface area contributed by atoms with E-state index >= 15 is 0 Å². The monoisotopic (exact) mass is 1010 g/mol. The summed E-state index contributed by atoms with van der Waals surface area (Å²) in [5.74, 6) is -3.44. The summed E-state index contributed by atoms with van der Waals surface area (Å²) in [4.78, 5) is 104. The van der Waals surface area contributed by atoms with Crippen LogP contribution in [0.4, 0.5) is 0 Å². The minimum absolute atomic E-state index is 0.0353. The van der Waals surface area contributed by atoms with Crippen molar-refractivity contribution < 1.29 is 28.5 Å². The Morgan fingerprint density at radius 2 is 0.926 bits per heavy atom. The average molecular weight is 1010 g/mol. The molecular weight excluding hydrogens is 982 g/mol. The topological polar surface area (TPSA) is 324 Å². The molecule has 6 aromatic rings. The Labute approximate surface area is 398 Å². The van der Waals surface area contributed by atoms with Crippen LogP contribution in [0.1, 0.15) is 74.9 Å². The van der Waals surface area contributed by atoms with Gasteiger partial charge in [-0.1, -0.05) is 74.1 Å². The van der Waals surface area contributed by atoms with Crippen molar-refractivity contribution in [3.63, 3.8) is 0 Å². The van der Waals surface area contributed by atoms with E-state index in [-0.39, 0.29) is 77.7 Å². The lowest BCUT2D eigenvalue weighted by atomic mass is 10.1. The van der Waals surface area contributed by atoms with Gasteiger partial charge in [0, 0.05) is 23.3 Å². The highest BCUT2D eigenvalue weighted by molar-refractivity contribution is 6.38. The van der Waals surface area contributed by atoms with Crippen molar-refractivity contribution in [2.75, 3.05) is 0 Å². The number of halogens is 4. The number of H-pyrrole nitrogens is 2. The summed E-state index contributed by atoms with van der Waals surface area (Å²) in [7, 11) is 0. The number of benzene rings is 2. The number of carbonyl (C=O) groups excluding carboxylic acids is 2. The number of nitrogens with zero attached hydrogens (tertiary/aromatic N) is 10. The van der Waals surface area contributed by atoms with Crippen LogP contribution in [0.5, 0.6) is 23.3 Å². The maximum Gasteiger partial charge on any atom is 0.349 e. The first kappa shape index (κ1) is 49.5. The Kier molecular flexibility index (Phi) is 15.1. The molecule has 0 saturated carbocycles. The molecule has 0 fully saturated rings. The van der Waals surface area contributed by atoms with Gasteiger partial charge in [0.05, 0.1) is 44.3 Å². The van der Waals surface area contributed by atoms with Crippen LogP contribution in [0.3, 0.4) is 0 Å². The third kappa shape index (κ3) is 11.0. The molecule has 0 aliphatic carbocycles. The molecule has 0 atom stereocenters. The smallest absolute Gasteiger partial charge is 0.349 e. The van der Waals surface area contributed by atoms with E-state index in [1.165, 1.54) is 36.4 Å². The average Bonchev–Trinajstić information content (AvgIpc) is 3.27. The predicted molar refractivity (Wildman–Crippen MR) is 237 cm³/mol. The summed E-state index contributed by atoms with van der Waals surface area (Å²) in [6, 6.07) is 10.6. The number of rotatable bonds is 15. The van der Waals surface area contributed by atoms with Gasteiger partial charge in [-0.15, -0.1) is 20.4 Å². The summed E-state index contributed by atoms with van der Waals surface area (Å²) >= 11 is 25.8. The quantitative estimate of drug-likeness (QED) is 0.138. The maximum absolute atomic E-state index is 13.3. The molecule has 0 radical (unpaired) electrons. The van der Waals surface area contributed by atoms with Crippen molar-refractivity contribution in [1.29, 1.82) is 10.5 Å². The van der Waals surface area contributed by atoms with E-state index in [4.69, 9.17) is 75.9 Å². The number of nitriles is 2. The van der Waals surface area contributed by atoms with Crippen LogP contribution in [0.2, 0.25) is 20.1 Å². The Morgan fingerprint density at radius 1 is 0.588 bits per heavy atom. The molecule has 2 aromatic carbocycles. The molecule has 4 heterocycles. The molecule has 4 aromatic heterocycles. The van der Waals surface area contributed by atoms with Gasteiger partial charge in [0.25, 0.3) is 22.2 Å². The second-order valence-corrected chi connectivity index (χ2v) is 16.2. The van der Waals surface area contributed by atoms with Gasteiger partial charge in [-0.3, -0.25) is 38.7 Å². The Morgan fingerprint density at radius 3 is 1.24 bits per heavy atom. The molecule has 24 nitrogen and oxygen atoms in total. The molecule has 2 N–H and O–H groups in total. The molecule has 6 rings (SSSR count). The molecule has 68 heavy (non-hydrogen) atoms. The summed E-state index contributed by atoms with van der Waals surface area (Å²) in [5, 5.41) is 33.3. The van der Waals surface area contributed by atoms with Crippen LogP contribution < -0.4 is 43.1 Å². The van der Waals surface area contributed by atoms with Gasteiger partial charge >= 0.3 is 23.3 Å². The van der Waals surface area contributed by atoms with Crippen molar-refractivity contribution >= 4 is 58.3 Å². The van der Waals surface area contributed by atoms with E-state index in [1.54, 1.807) is 39.8 Å². The van der Waals surface area contributed by atoms with Gasteiger partial charge in [-0.25, -0.2) is 9.59 Å². The van der Waals surface area contributed by atoms with Crippen LogP contribution in [-0.4, -0.2) is 61.0 Å². The number of hydrogen-bond acceptors (Lipinski definition) is 18. The number of esters is 2. The van der Waals surface area contributed by atoms with Crippen LogP contribution in [0.15, 0.2) is 65.2 Å². The first-order valence-corrected chi connectivity index (χ1v) is 20.9. The van der Waals surface area contributed by atoms with E-state index in [0.29, 0.717) is 9.36 Å². The highest BCUT2D eigenvalue weighted by Crippen LogP contribution is 2.39. The van der Waals surface area contributed by atoms with Crippen molar-refractivity contribution in [3.05, 3.63) is 141 Å². The van der Waals surface area contributed by atoms with Crippen molar-refractivity contribution in [2.45, 2.75) is 65.8 Å². The van der Waals surface area contributed by atoms with Crippen LogP contribution >= 0.6 is 46.4 Å². The van der Waals surface area contributed by atoms with Gasteiger partial charge in [0.15, 0.2) is 25.0 Å². The zero-order chi connectivity index (χ0) is 49.7. The SMILES string of the molecule is CC(C)c1cc(Oc2c(Cl)cc(-n3nc(C#N)c(=O)[nH]c3=O)cc2Cl)nn(COC(=O)CCC(=O)OCn2nc(Oc3c(Cl)cc(-n4nc(C#N)c(=O)[nH]c4=O)cc3Cl)cc(C(C)C)c2=O)c1=O. The zero-order valence-electron chi connectivity index (χ0n) is 35.3. The summed E-state index contributed by atoms with van der Waals surface area (Å²) in [6.45, 7) is 5.37. The number of aromatic nitrogens is 10. The molecule has 350 valence electrons. The summed E-state index contributed by atoms with van der Waals surface area (Å²) in [6.07, 6.45) is -1.06. The maximum atomic E-state index is 13.3. The minimum atomic E-state index is -0.994. The van der Waals surface area contributed by atoms with Gasteiger partial charge < -0.3 is 18.9 Å². The lowest BCUT2D eigenvalue weighted by Gasteiger charge is -2.15. The summed E-state index contributed by atoms with van der Waals surface area (Å²) < 4.78 is 25.1. The number of ether oxygens (including phenoxy) is 4. The van der Waals surface area contributed by atoms with E-state index in [1.807, 2.05) is 9.97 Å².